The largest absolute Gasteiger partial charge is 0.360 e. The van der Waals surface area contributed by atoms with Gasteiger partial charge in [-0.3, -0.25) is 9.89 Å². The highest BCUT2D eigenvalue weighted by Gasteiger charge is 2.32. The average molecular weight is 479 g/mol. The van der Waals surface area contributed by atoms with Crippen LogP contribution in [0.2, 0.25) is 5.02 Å². The van der Waals surface area contributed by atoms with Crippen LogP contribution in [0.25, 0.3) is 22.2 Å². The second kappa shape index (κ2) is 9.01. The van der Waals surface area contributed by atoms with Crippen molar-refractivity contribution < 1.29 is 9.53 Å². The van der Waals surface area contributed by atoms with E-state index < -0.39 is 11.7 Å². The van der Waals surface area contributed by atoms with E-state index in [4.69, 9.17) is 21.3 Å². The van der Waals surface area contributed by atoms with Gasteiger partial charge in [-0.15, -0.1) is 0 Å². The minimum atomic E-state index is -0.738. The van der Waals surface area contributed by atoms with E-state index in [2.05, 4.69) is 28.6 Å². The first-order valence-electron chi connectivity index (χ1n) is 11.4. The molecule has 1 aromatic carbocycles. The lowest BCUT2D eigenvalue weighted by Gasteiger charge is -2.29. The number of Topliss-reactive ketones (excluding diaryl/α,β-unsaturated/α-hetero) is 1. The van der Waals surface area contributed by atoms with Crippen molar-refractivity contribution in [1.82, 2.24) is 19.7 Å². The molecule has 3 heterocycles. The standard InChI is InChI=1S/C27H31ClN4O2/c1-15-17(3)32(14-21-12-13-29-31-21)26-22(15)24(19-8-10-20(28)11-9-19)23(16(2)30-26)25(18(4)33)34-27(5,6)7/h8-13,25H,14H2,1-7H3,(H,29,31)/t25-/m1/s1. The van der Waals surface area contributed by atoms with Crippen molar-refractivity contribution >= 4 is 28.4 Å². The minimum Gasteiger partial charge on any atom is -0.360 e. The third-order valence-electron chi connectivity index (χ3n) is 6.11. The summed E-state index contributed by atoms with van der Waals surface area (Å²) in [5.74, 6) is -0.0549. The molecule has 7 heteroatoms. The number of fused-ring (bicyclic) bond motifs is 1. The number of carbonyl (C=O) groups excluding carboxylic acids is 1. The van der Waals surface area contributed by atoms with Gasteiger partial charge in [-0.1, -0.05) is 23.7 Å². The molecule has 0 bridgehead atoms. The van der Waals surface area contributed by atoms with Crippen molar-refractivity contribution in [2.45, 2.75) is 66.7 Å². The molecule has 178 valence electrons. The Morgan fingerprint density at radius 1 is 1.15 bits per heavy atom. The monoisotopic (exact) mass is 478 g/mol. The fourth-order valence-corrected chi connectivity index (χ4v) is 4.59. The highest BCUT2D eigenvalue weighted by molar-refractivity contribution is 6.30. The van der Waals surface area contributed by atoms with Gasteiger partial charge in [-0.2, -0.15) is 5.10 Å². The molecule has 0 radical (unpaired) electrons. The third-order valence-corrected chi connectivity index (χ3v) is 6.36. The summed E-state index contributed by atoms with van der Waals surface area (Å²) in [4.78, 5) is 18.0. The lowest BCUT2D eigenvalue weighted by molar-refractivity contribution is -0.138. The zero-order chi connectivity index (χ0) is 24.8. The number of nitrogens with zero attached hydrogens (tertiary/aromatic N) is 3. The Morgan fingerprint density at radius 3 is 2.38 bits per heavy atom. The van der Waals surface area contributed by atoms with E-state index in [0.717, 1.165) is 50.4 Å². The van der Waals surface area contributed by atoms with Crippen molar-refractivity contribution in [1.29, 1.82) is 0 Å². The van der Waals surface area contributed by atoms with Crippen LogP contribution in [0.1, 0.15) is 62.0 Å². The maximum atomic E-state index is 12.9. The molecule has 0 aliphatic rings. The lowest BCUT2D eigenvalue weighted by Crippen LogP contribution is -2.27. The van der Waals surface area contributed by atoms with Gasteiger partial charge in [-0.05, 0) is 77.8 Å². The molecule has 4 aromatic rings. The summed E-state index contributed by atoms with van der Waals surface area (Å²) in [6.07, 6.45) is 1.01. The Balaban J connectivity index is 2.09. The zero-order valence-corrected chi connectivity index (χ0v) is 21.5. The van der Waals surface area contributed by atoms with Crippen LogP contribution in [-0.4, -0.2) is 31.1 Å². The van der Waals surface area contributed by atoms with Crippen LogP contribution in [0.15, 0.2) is 36.5 Å². The van der Waals surface area contributed by atoms with Gasteiger partial charge in [0, 0.05) is 39.1 Å². The predicted octanol–water partition coefficient (Wildman–Crippen LogP) is 6.50. The van der Waals surface area contributed by atoms with Gasteiger partial charge in [0.2, 0.25) is 0 Å². The topological polar surface area (TPSA) is 72.8 Å². The molecule has 0 aliphatic heterocycles. The van der Waals surface area contributed by atoms with Crippen LogP contribution in [0.3, 0.4) is 0 Å². The fraction of sp³-hybridized carbons (Fsp3) is 0.370. The number of rotatable bonds is 6. The van der Waals surface area contributed by atoms with Crippen molar-refractivity contribution in [3.63, 3.8) is 0 Å². The Hall–Kier alpha value is -2.96. The van der Waals surface area contributed by atoms with Gasteiger partial charge in [-0.25, -0.2) is 4.98 Å². The number of aryl methyl sites for hydroxylation is 2. The summed E-state index contributed by atoms with van der Waals surface area (Å²) in [5, 5.41) is 8.81. The number of benzene rings is 1. The average Bonchev–Trinajstić information content (AvgIpc) is 3.34. The van der Waals surface area contributed by atoms with Gasteiger partial charge in [0.1, 0.15) is 11.8 Å². The van der Waals surface area contributed by atoms with Crippen molar-refractivity contribution in [3.8, 4) is 11.1 Å². The van der Waals surface area contributed by atoms with Crippen LogP contribution < -0.4 is 0 Å². The van der Waals surface area contributed by atoms with E-state index in [1.165, 1.54) is 0 Å². The minimum absolute atomic E-state index is 0.0549. The number of carbonyl (C=O) groups is 1. The van der Waals surface area contributed by atoms with E-state index in [1.54, 1.807) is 13.1 Å². The van der Waals surface area contributed by atoms with Gasteiger partial charge in [0.15, 0.2) is 5.78 Å². The fourth-order valence-electron chi connectivity index (χ4n) is 4.47. The molecule has 6 nitrogen and oxygen atoms in total. The van der Waals surface area contributed by atoms with E-state index >= 15 is 0 Å². The summed E-state index contributed by atoms with van der Waals surface area (Å²) < 4.78 is 8.52. The van der Waals surface area contributed by atoms with E-state index in [-0.39, 0.29) is 5.78 Å². The number of aromatic amines is 1. The molecule has 34 heavy (non-hydrogen) atoms. The lowest BCUT2D eigenvalue weighted by atomic mass is 9.90. The van der Waals surface area contributed by atoms with E-state index in [0.29, 0.717) is 11.6 Å². The molecule has 0 aliphatic carbocycles. The Kier molecular flexibility index (Phi) is 6.40. The molecule has 0 amide bonds. The van der Waals surface area contributed by atoms with Gasteiger partial charge >= 0.3 is 0 Å². The van der Waals surface area contributed by atoms with Crippen molar-refractivity contribution in [2.75, 3.05) is 0 Å². The SMILES string of the molecule is CC(=O)[C@@H](OC(C)(C)C)c1c(C)nc2c(c(C)c(C)n2Cc2ccn[nH]2)c1-c1ccc(Cl)cc1. The molecule has 0 unspecified atom stereocenters. The number of nitrogens with one attached hydrogen (secondary N) is 1. The summed E-state index contributed by atoms with van der Waals surface area (Å²) in [7, 11) is 0. The Morgan fingerprint density at radius 2 is 1.82 bits per heavy atom. The molecule has 0 saturated heterocycles. The van der Waals surface area contributed by atoms with E-state index in [1.807, 2.05) is 58.0 Å². The number of pyridine rings is 1. The first-order valence-corrected chi connectivity index (χ1v) is 11.8. The first-order chi connectivity index (χ1) is 16.0. The maximum absolute atomic E-state index is 12.9. The second-order valence-electron chi connectivity index (χ2n) is 9.79. The molecule has 1 atom stereocenters. The van der Waals surface area contributed by atoms with Crippen LogP contribution in [0.4, 0.5) is 0 Å². The van der Waals surface area contributed by atoms with Gasteiger partial charge < -0.3 is 9.30 Å². The molecule has 0 saturated carbocycles. The summed E-state index contributed by atoms with van der Waals surface area (Å²) in [6.45, 7) is 14.2. The summed E-state index contributed by atoms with van der Waals surface area (Å²) >= 11 is 6.22. The normalized spacial score (nSPS) is 12.9. The number of halogens is 1. The number of aromatic nitrogens is 4. The van der Waals surface area contributed by atoms with Crippen LogP contribution in [0, 0.1) is 20.8 Å². The van der Waals surface area contributed by atoms with Crippen LogP contribution in [0.5, 0.6) is 0 Å². The molecule has 3 aromatic heterocycles. The van der Waals surface area contributed by atoms with Crippen LogP contribution in [-0.2, 0) is 16.1 Å². The van der Waals surface area contributed by atoms with Crippen molar-refractivity contribution in [2.24, 2.45) is 0 Å². The number of H-pyrrole nitrogens is 1. The van der Waals surface area contributed by atoms with Gasteiger partial charge in [0.25, 0.3) is 0 Å². The number of ketones is 1. The molecule has 0 fully saturated rings. The van der Waals surface area contributed by atoms with Crippen LogP contribution >= 0.6 is 11.6 Å². The number of hydrogen-bond donors (Lipinski definition) is 1. The second-order valence-corrected chi connectivity index (χ2v) is 10.2. The first kappa shape index (κ1) is 24.2. The molecular weight excluding hydrogens is 448 g/mol. The van der Waals surface area contributed by atoms with Crippen molar-refractivity contribution in [3.05, 3.63) is 69.8 Å². The van der Waals surface area contributed by atoms with Gasteiger partial charge in [0.05, 0.1) is 17.8 Å². The molecule has 1 N–H and O–H groups in total. The van der Waals surface area contributed by atoms with E-state index in [9.17, 15) is 4.79 Å². The number of ether oxygens (including phenoxy) is 1. The zero-order valence-electron chi connectivity index (χ0n) is 20.8. The smallest absolute Gasteiger partial charge is 0.163 e. The maximum Gasteiger partial charge on any atom is 0.163 e. The third kappa shape index (κ3) is 4.52. The Labute approximate surface area is 205 Å². The molecule has 4 rings (SSSR count). The summed E-state index contributed by atoms with van der Waals surface area (Å²) in [5.41, 5.74) is 7.10. The quantitative estimate of drug-likeness (QED) is 0.343. The summed E-state index contributed by atoms with van der Waals surface area (Å²) in [6, 6.07) is 9.70. The highest BCUT2D eigenvalue weighted by Crippen LogP contribution is 2.42. The number of hydrogen-bond acceptors (Lipinski definition) is 4. The molecular formula is C27H31ClN4O2. The highest BCUT2D eigenvalue weighted by atomic mass is 35.5. The Bertz CT molecular complexity index is 1350. The molecule has 0 spiro atoms. The predicted molar refractivity (Wildman–Crippen MR) is 136 cm³/mol.